The number of benzene rings is 1. The molecule has 0 aliphatic heterocycles. The molecule has 0 bridgehead atoms. The lowest BCUT2D eigenvalue weighted by molar-refractivity contribution is -0.176. The summed E-state index contributed by atoms with van der Waals surface area (Å²) in [6.45, 7) is 6.00. The molecule has 22 heavy (non-hydrogen) atoms. The third-order valence-corrected chi connectivity index (χ3v) is 2.63. The van der Waals surface area contributed by atoms with E-state index in [4.69, 9.17) is 9.47 Å². The van der Waals surface area contributed by atoms with Gasteiger partial charge in [0.15, 0.2) is 0 Å². The van der Waals surface area contributed by atoms with E-state index >= 15 is 0 Å². The summed E-state index contributed by atoms with van der Waals surface area (Å²) >= 11 is 0. The van der Waals surface area contributed by atoms with E-state index < -0.39 is 23.8 Å². The smallest absolute Gasteiger partial charge is 0.305 e. The first-order chi connectivity index (χ1) is 10.2. The van der Waals surface area contributed by atoms with Gasteiger partial charge in [-0.3, -0.25) is 9.59 Å². The summed E-state index contributed by atoms with van der Waals surface area (Å²) < 4.78 is 9.74. The predicted molar refractivity (Wildman–Crippen MR) is 82.8 cm³/mol. The SMILES string of the molecule is CC(=O)OC(C=Cc1ccc(CC(C)(C)O)cc1)OC(C)=O. The predicted octanol–water partition coefficient (Wildman–Crippen LogP) is 2.47. The Hall–Kier alpha value is -2.14. The molecule has 0 aromatic heterocycles. The summed E-state index contributed by atoms with van der Waals surface area (Å²) in [6, 6.07) is 7.56. The van der Waals surface area contributed by atoms with Crippen LogP contribution in [0.25, 0.3) is 6.08 Å². The molecule has 0 unspecified atom stereocenters. The highest BCUT2D eigenvalue weighted by Crippen LogP contribution is 2.14. The molecule has 0 aliphatic rings. The summed E-state index contributed by atoms with van der Waals surface area (Å²) in [5.41, 5.74) is 1.12. The maximum Gasteiger partial charge on any atom is 0.305 e. The van der Waals surface area contributed by atoms with Crippen molar-refractivity contribution in [1.29, 1.82) is 0 Å². The van der Waals surface area contributed by atoms with Crippen LogP contribution in [0.3, 0.4) is 0 Å². The molecule has 5 heteroatoms. The van der Waals surface area contributed by atoms with Crippen LogP contribution in [-0.2, 0) is 25.5 Å². The molecule has 0 radical (unpaired) electrons. The molecule has 0 saturated carbocycles. The van der Waals surface area contributed by atoms with Gasteiger partial charge in [-0.25, -0.2) is 0 Å². The summed E-state index contributed by atoms with van der Waals surface area (Å²) in [4.78, 5) is 21.9. The summed E-state index contributed by atoms with van der Waals surface area (Å²) in [5, 5.41) is 9.77. The molecule has 1 rings (SSSR count). The highest BCUT2D eigenvalue weighted by Gasteiger charge is 2.13. The lowest BCUT2D eigenvalue weighted by atomic mass is 9.98. The minimum atomic E-state index is -1.04. The highest BCUT2D eigenvalue weighted by atomic mass is 16.7. The fourth-order valence-corrected chi connectivity index (χ4v) is 1.87. The Kier molecular flexibility index (Phi) is 6.31. The van der Waals surface area contributed by atoms with Gasteiger partial charge in [-0.1, -0.05) is 30.3 Å². The van der Waals surface area contributed by atoms with Crippen molar-refractivity contribution in [2.24, 2.45) is 0 Å². The van der Waals surface area contributed by atoms with E-state index in [9.17, 15) is 14.7 Å². The van der Waals surface area contributed by atoms with Crippen LogP contribution in [0.2, 0.25) is 0 Å². The van der Waals surface area contributed by atoms with Gasteiger partial charge in [-0.15, -0.1) is 0 Å². The first-order valence-electron chi connectivity index (χ1n) is 7.00. The summed E-state index contributed by atoms with van der Waals surface area (Å²) in [5.74, 6) is -1.06. The van der Waals surface area contributed by atoms with Crippen molar-refractivity contribution < 1.29 is 24.2 Å². The van der Waals surface area contributed by atoms with Gasteiger partial charge in [0.1, 0.15) is 0 Å². The van der Waals surface area contributed by atoms with Gasteiger partial charge in [-0.2, -0.15) is 0 Å². The van der Waals surface area contributed by atoms with E-state index in [1.54, 1.807) is 19.9 Å². The van der Waals surface area contributed by atoms with Crippen LogP contribution in [0.5, 0.6) is 0 Å². The highest BCUT2D eigenvalue weighted by molar-refractivity contribution is 5.68. The second kappa shape index (κ2) is 7.75. The fourth-order valence-electron chi connectivity index (χ4n) is 1.87. The van der Waals surface area contributed by atoms with Crippen LogP contribution >= 0.6 is 0 Å². The Balaban J connectivity index is 2.74. The number of carbonyl (C=O) groups is 2. The van der Waals surface area contributed by atoms with Gasteiger partial charge in [0.2, 0.25) is 0 Å². The van der Waals surface area contributed by atoms with Gasteiger partial charge in [-0.05, 0) is 31.1 Å². The molecule has 1 aromatic carbocycles. The van der Waals surface area contributed by atoms with Crippen molar-refractivity contribution in [2.75, 3.05) is 0 Å². The standard InChI is InChI=1S/C17H22O5/c1-12(18)21-16(22-13(2)19)10-9-14-5-7-15(8-6-14)11-17(3,4)20/h5-10,16,20H,11H2,1-4H3. The van der Waals surface area contributed by atoms with Gasteiger partial charge in [0, 0.05) is 20.3 Å². The fraction of sp³-hybridized carbons (Fsp3) is 0.412. The number of hydrogen-bond acceptors (Lipinski definition) is 5. The molecule has 5 nitrogen and oxygen atoms in total. The first kappa shape index (κ1) is 17.9. The average Bonchev–Trinajstić information content (AvgIpc) is 2.34. The normalized spacial score (nSPS) is 11.7. The molecule has 0 aliphatic carbocycles. The van der Waals surface area contributed by atoms with Crippen LogP contribution < -0.4 is 0 Å². The first-order valence-corrected chi connectivity index (χ1v) is 7.00. The topological polar surface area (TPSA) is 72.8 Å². The van der Waals surface area contributed by atoms with Gasteiger partial charge in [0.05, 0.1) is 5.60 Å². The molecule has 0 atom stereocenters. The Morgan fingerprint density at radius 3 is 2.05 bits per heavy atom. The molecule has 1 N–H and O–H groups in total. The van der Waals surface area contributed by atoms with Crippen molar-refractivity contribution in [3.8, 4) is 0 Å². The van der Waals surface area contributed by atoms with E-state index in [0.717, 1.165) is 11.1 Å². The minimum Gasteiger partial charge on any atom is -0.421 e. The number of rotatable bonds is 6. The second-order valence-corrected chi connectivity index (χ2v) is 5.68. The molecule has 0 fully saturated rings. The number of esters is 2. The number of aliphatic hydroxyl groups is 1. The molecule has 0 spiro atoms. The van der Waals surface area contributed by atoms with Crippen LogP contribution in [0.1, 0.15) is 38.8 Å². The van der Waals surface area contributed by atoms with Crippen molar-refractivity contribution in [1.82, 2.24) is 0 Å². The van der Waals surface area contributed by atoms with Gasteiger partial charge < -0.3 is 14.6 Å². The van der Waals surface area contributed by atoms with E-state index in [0.29, 0.717) is 6.42 Å². The Bertz CT molecular complexity index is 521. The summed E-state index contributed by atoms with van der Waals surface area (Å²) in [7, 11) is 0. The van der Waals surface area contributed by atoms with Gasteiger partial charge in [0.25, 0.3) is 6.29 Å². The zero-order chi connectivity index (χ0) is 16.8. The third kappa shape index (κ3) is 7.59. The van der Waals surface area contributed by atoms with E-state index in [1.807, 2.05) is 24.3 Å². The molecular weight excluding hydrogens is 284 g/mol. The van der Waals surface area contributed by atoms with Crippen molar-refractivity contribution in [3.63, 3.8) is 0 Å². The lowest BCUT2D eigenvalue weighted by Gasteiger charge is -2.16. The monoisotopic (exact) mass is 306 g/mol. The average molecular weight is 306 g/mol. The Morgan fingerprint density at radius 2 is 1.64 bits per heavy atom. The lowest BCUT2D eigenvalue weighted by Crippen LogP contribution is -2.21. The van der Waals surface area contributed by atoms with Gasteiger partial charge >= 0.3 is 11.9 Å². The molecule has 0 saturated heterocycles. The van der Waals surface area contributed by atoms with Crippen LogP contribution in [0, 0.1) is 0 Å². The maximum absolute atomic E-state index is 11.0. The van der Waals surface area contributed by atoms with Crippen molar-refractivity contribution in [3.05, 3.63) is 41.5 Å². The molecular formula is C17H22O5. The molecule has 1 aromatic rings. The molecule has 0 heterocycles. The number of ether oxygens (including phenoxy) is 2. The Labute approximate surface area is 130 Å². The second-order valence-electron chi connectivity index (χ2n) is 5.68. The number of carbonyl (C=O) groups excluding carboxylic acids is 2. The molecule has 0 amide bonds. The minimum absolute atomic E-state index is 0.531. The zero-order valence-electron chi connectivity index (χ0n) is 13.3. The summed E-state index contributed by atoms with van der Waals surface area (Å²) in [6.07, 6.45) is 2.71. The van der Waals surface area contributed by atoms with Crippen LogP contribution in [0.4, 0.5) is 0 Å². The largest absolute Gasteiger partial charge is 0.421 e. The number of hydrogen-bond donors (Lipinski definition) is 1. The maximum atomic E-state index is 11.0. The van der Waals surface area contributed by atoms with E-state index in [-0.39, 0.29) is 0 Å². The van der Waals surface area contributed by atoms with Crippen molar-refractivity contribution in [2.45, 2.75) is 46.0 Å². The van der Waals surface area contributed by atoms with E-state index in [2.05, 4.69) is 0 Å². The van der Waals surface area contributed by atoms with Crippen LogP contribution in [-0.4, -0.2) is 28.9 Å². The zero-order valence-corrected chi connectivity index (χ0v) is 13.3. The van der Waals surface area contributed by atoms with Crippen molar-refractivity contribution >= 4 is 18.0 Å². The Morgan fingerprint density at radius 1 is 1.14 bits per heavy atom. The quantitative estimate of drug-likeness (QED) is 0.645. The molecule has 120 valence electrons. The van der Waals surface area contributed by atoms with Crippen LogP contribution in [0.15, 0.2) is 30.3 Å². The van der Waals surface area contributed by atoms with E-state index in [1.165, 1.54) is 19.9 Å². The third-order valence-electron chi connectivity index (χ3n) is 2.63.